The number of carbonyl (C=O) groups excluding carboxylic acids is 1. The molecule has 0 saturated carbocycles. The average molecular weight is 341 g/mol. The minimum absolute atomic E-state index is 0.166. The van der Waals surface area contributed by atoms with Crippen LogP contribution in [0.4, 0.5) is 4.79 Å². The Hall–Kier alpha value is -1.81. The number of carbonyl (C=O) groups is 1. The van der Waals surface area contributed by atoms with E-state index in [2.05, 4.69) is 35.7 Å². The van der Waals surface area contributed by atoms with Crippen LogP contribution in [0.1, 0.15) is 45.6 Å². The van der Waals surface area contributed by atoms with E-state index in [0.717, 1.165) is 19.3 Å². The standard InChI is InChI=1S/C20H23NO2S/c1-20(2,3)23-19(22)21-14-8-9-15(21)11-13(10-14)17-12-24-18-7-5-4-6-16(17)18/h4-7,10,12,14-15H,8-9,11H2,1-3H3. The number of fused-ring (bicyclic) bond motifs is 3. The van der Waals surface area contributed by atoms with Crippen molar-refractivity contribution in [2.75, 3.05) is 0 Å². The quantitative estimate of drug-likeness (QED) is 0.689. The topological polar surface area (TPSA) is 29.5 Å². The fourth-order valence-electron chi connectivity index (χ4n) is 3.86. The highest BCUT2D eigenvalue weighted by Gasteiger charge is 2.41. The van der Waals surface area contributed by atoms with E-state index in [1.54, 1.807) is 11.3 Å². The van der Waals surface area contributed by atoms with Gasteiger partial charge in [0.1, 0.15) is 5.60 Å². The highest BCUT2D eigenvalue weighted by atomic mass is 32.1. The van der Waals surface area contributed by atoms with Gasteiger partial charge in [-0.05, 0) is 68.0 Å². The van der Waals surface area contributed by atoms with Crippen LogP contribution in [0.5, 0.6) is 0 Å². The second-order valence-electron chi connectivity index (χ2n) is 7.73. The smallest absolute Gasteiger partial charge is 0.411 e. The molecule has 4 rings (SSSR count). The lowest BCUT2D eigenvalue weighted by atomic mass is 9.94. The maximum absolute atomic E-state index is 12.6. The van der Waals surface area contributed by atoms with E-state index in [4.69, 9.17) is 4.74 Å². The van der Waals surface area contributed by atoms with Gasteiger partial charge in [0.05, 0.1) is 6.04 Å². The zero-order chi connectivity index (χ0) is 16.9. The Morgan fingerprint density at radius 2 is 2.04 bits per heavy atom. The largest absolute Gasteiger partial charge is 0.444 e. The van der Waals surface area contributed by atoms with E-state index in [9.17, 15) is 4.79 Å². The molecule has 0 radical (unpaired) electrons. The van der Waals surface area contributed by atoms with Gasteiger partial charge in [-0.25, -0.2) is 4.79 Å². The predicted molar refractivity (Wildman–Crippen MR) is 99.3 cm³/mol. The zero-order valence-corrected chi connectivity index (χ0v) is 15.2. The van der Waals surface area contributed by atoms with Crippen molar-refractivity contribution < 1.29 is 9.53 Å². The number of thiophene rings is 1. The van der Waals surface area contributed by atoms with Crippen molar-refractivity contribution in [3.05, 3.63) is 41.3 Å². The molecule has 2 atom stereocenters. The summed E-state index contributed by atoms with van der Waals surface area (Å²) in [6.45, 7) is 5.78. The van der Waals surface area contributed by atoms with Crippen LogP contribution in [-0.2, 0) is 4.74 Å². The third-order valence-electron chi connectivity index (χ3n) is 4.83. The van der Waals surface area contributed by atoms with E-state index in [1.165, 1.54) is 21.2 Å². The highest BCUT2D eigenvalue weighted by Crippen LogP contribution is 2.42. The van der Waals surface area contributed by atoms with Crippen LogP contribution in [-0.4, -0.2) is 28.7 Å². The number of hydrogen-bond donors (Lipinski definition) is 0. The second-order valence-corrected chi connectivity index (χ2v) is 8.64. The number of rotatable bonds is 1. The molecule has 2 aliphatic rings. The van der Waals surface area contributed by atoms with E-state index in [0.29, 0.717) is 0 Å². The first-order valence-electron chi connectivity index (χ1n) is 8.61. The molecule has 3 heterocycles. The maximum Gasteiger partial charge on any atom is 0.411 e. The summed E-state index contributed by atoms with van der Waals surface area (Å²) in [5, 5.41) is 3.60. The molecule has 2 unspecified atom stereocenters. The summed E-state index contributed by atoms with van der Waals surface area (Å²) in [6, 6.07) is 9.00. The molecule has 24 heavy (non-hydrogen) atoms. The van der Waals surface area contributed by atoms with Gasteiger partial charge in [0.2, 0.25) is 0 Å². The lowest BCUT2D eigenvalue weighted by Crippen LogP contribution is -2.45. The van der Waals surface area contributed by atoms with Crippen molar-refractivity contribution in [3.8, 4) is 0 Å². The van der Waals surface area contributed by atoms with Gasteiger partial charge >= 0.3 is 6.09 Å². The molecular formula is C20H23NO2S. The van der Waals surface area contributed by atoms with Gasteiger partial charge in [0.15, 0.2) is 0 Å². The first-order valence-corrected chi connectivity index (χ1v) is 9.49. The summed E-state index contributed by atoms with van der Waals surface area (Å²) in [6.07, 6.45) is 5.15. The first-order chi connectivity index (χ1) is 11.4. The van der Waals surface area contributed by atoms with Crippen LogP contribution in [0.25, 0.3) is 15.7 Å². The summed E-state index contributed by atoms with van der Waals surface area (Å²) in [4.78, 5) is 14.5. The Morgan fingerprint density at radius 1 is 1.25 bits per heavy atom. The monoisotopic (exact) mass is 341 g/mol. The summed E-state index contributed by atoms with van der Waals surface area (Å²) < 4.78 is 6.94. The van der Waals surface area contributed by atoms with Crippen LogP contribution in [0, 0.1) is 0 Å². The molecule has 1 amide bonds. The lowest BCUT2D eigenvalue weighted by Gasteiger charge is -2.35. The molecule has 2 bridgehead atoms. The normalized spacial score (nSPS) is 23.5. The number of benzene rings is 1. The van der Waals surface area contributed by atoms with Crippen molar-refractivity contribution >= 4 is 33.1 Å². The number of amides is 1. The third kappa shape index (κ3) is 2.73. The van der Waals surface area contributed by atoms with Crippen molar-refractivity contribution in [3.63, 3.8) is 0 Å². The molecular weight excluding hydrogens is 318 g/mol. The molecule has 1 fully saturated rings. The van der Waals surface area contributed by atoms with Gasteiger partial charge in [-0.2, -0.15) is 0 Å². The van der Waals surface area contributed by atoms with Crippen LogP contribution in [0.2, 0.25) is 0 Å². The summed E-state index contributed by atoms with van der Waals surface area (Å²) >= 11 is 1.80. The average Bonchev–Trinajstić information content (AvgIpc) is 3.05. The van der Waals surface area contributed by atoms with E-state index in [1.807, 2.05) is 25.7 Å². The molecule has 2 aliphatic heterocycles. The molecule has 4 heteroatoms. The molecule has 3 nitrogen and oxygen atoms in total. The van der Waals surface area contributed by atoms with Crippen molar-refractivity contribution in [2.45, 2.75) is 57.7 Å². The van der Waals surface area contributed by atoms with E-state index < -0.39 is 5.60 Å². The number of ether oxygens (including phenoxy) is 1. The Balaban J connectivity index is 1.63. The minimum Gasteiger partial charge on any atom is -0.444 e. The van der Waals surface area contributed by atoms with Gasteiger partial charge in [-0.15, -0.1) is 11.3 Å². The van der Waals surface area contributed by atoms with Crippen molar-refractivity contribution in [1.29, 1.82) is 0 Å². The maximum atomic E-state index is 12.6. The summed E-state index contributed by atoms with van der Waals surface area (Å²) in [7, 11) is 0. The van der Waals surface area contributed by atoms with Gasteiger partial charge in [-0.1, -0.05) is 24.3 Å². The SMILES string of the molecule is CC(C)(C)OC(=O)N1C2C=C(c3csc4ccccc34)CC1CC2. The lowest BCUT2D eigenvalue weighted by molar-refractivity contribution is 0.0175. The predicted octanol–water partition coefficient (Wildman–Crippen LogP) is 5.46. The third-order valence-corrected chi connectivity index (χ3v) is 5.79. The molecule has 1 aromatic heterocycles. The van der Waals surface area contributed by atoms with Crippen LogP contribution >= 0.6 is 11.3 Å². The first kappa shape index (κ1) is 15.7. The van der Waals surface area contributed by atoms with E-state index >= 15 is 0 Å². The number of hydrogen-bond acceptors (Lipinski definition) is 3. The fourth-order valence-corrected chi connectivity index (χ4v) is 4.84. The number of nitrogens with zero attached hydrogens (tertiary/aromatic N) is 1. The molecule has 1 saturated heterocycles. The second kappa shape index (κ2) is 5.62. The minimum atomic E-state index is -0.440. The summed E-state index contributed by atoms with van der Waals surface area (Å²) in [5.74, 6) is 0. The molecule has 2 aromatic rings. The Morgan fingerprint density at radius 3 is 2.79 bits per heavy atom. The van der Waals surface area contributed by atoms with Crippen molar-refractivity contribution in [1.82, 2.24) is 4.90 Å². The molecule has 0 spiro atoms. The van der Waals surface area contributed by atoms with Crippen molar-refractivity contribution in [2.24, 2.45) is 0 Å². The molecule has 126 valence electrons. The van der Waals surface area contributed by atoms with E-state index in [-0.39, 0.29) is 18.2 Å². The van der Waals surface area contributed by atoms with Gasteiger partial charge in [0.25, 0.3) is 0 Å². The Labute approximate surface area is 146 Å². The Bertz CT molecular complexity index is 814. The van der Waals surface area contributed by atoms with Crippen LogP contribution < -0.4 is 0 Å². The van der Waals surface area contributed by atoms with Crippen LogP contribution in [0.3, 0.4) is 0 Å². The van der Waals surface area contributed by atoms with Gasteiger partial charge in [0, 0.05) is 10.7 Å². The van der Waals surface area contributed by atoms with Gasteiger partial charge in [-0.3, -0.25) is 4.90 Å². The molecule has 0 N–H and O–H groups in total. The zero-order valence-electron chi connectivity index (χ0n) is 14.4. The molecule has 1 aromatic carbocycles. The van der Waals surface area contributed by atoms with Gasteiger partial charge < -0.3 is 4.74 Å². The summed E-state index contributed by atoms with van der Waals surface area (Å²) in [5.41, 5.74) is 2.29. The molecule has 0 aliphatic carbocycles. The Kier molecular flexibility index (Phi) is 3.68. The highest BCUT2D eigenvalue weighted by molar-refractivity contribution is 7.17. The fraction of sp³-hybridized carbons (Fsp3) is 0.450. The van der Waals surface area contributed by atoms with Crippen LogP contribution in [0.15, 0.2) is 35.7 Å².